The summed E-state index contributed by atoms with van der Waals surface area (Å²) in [5.41, 5.74) is 0. The van der Waals surface area contributed by atoms with Crippen LogP contribution in [0.5, 0.6) is 0 Å². The van der Waals surface area contributed by atoms with E-state index in [4.69, 9.17) is 0 Å². The van der Waals surface area contributed by atoms with Crippen molar-refractivity contribution in [3.05, 3.63) is 24.3 Å². The van der Waals surface area contributed by atoms with Gasteiger partial charge in [-0.2, -0.15) is 0 Å². The van der Waals surface area contributed by atoms with Crippen molar-refractivity contribution in [1.82, 2.24) is 5.32 Å². The molecule has 0 aromatic rings. The van der Waals surface area contributed by atoms with Crippen molar-refractivity contribution in [3.8, 4) is 0 Å². The maximum atomic E-state index is 12.4. The van der Waals surface area contributed by atoms with E-state index >= 15 is 0 Å². The first-order chi connectivity index (χ1) is 26.7. The van der Waals surface area contributed by atoms with Gasteiger partial charge in [0.25, 0.3) is 0 Å². The number of unbranched alkanes of at least 4 members (excludes halogenated alkanes) is 36. The van der Waals surface area contributed by atoms with Gasteiger partial charge in [-0.05, 0) is 32.1 Å². The molecule has 0 spiro atoms. The summed E-state index contributed by atoms with van der Waals surface area (Å²) in [6.07, 6.45) is 60.4. The first-order valence-corrected chi connectivity index (χ1v) is 24.6. The molecule has 0 rings (SSSR count). The minimum absolute atomic E-state index is 0.0700. The Labute approximate surface area is 339 Å². The molecule has 320 valence electrons. The fraction of sp³-hybridized carbons (Fsp3) is 0.900. The Morgan fingerprint density at radius 1 is 0.426 bits per heavy atom. The van der Waals surface area contributed by atoms with Gasteiger partial charge in [-0.3, -0.25) is 4.79 Å². The summed E-state index contributed by atoms with van der Waals surface area (Å²) in [4.78, 5) is 12.4. The van der Waals surface area contributed by atoms with Crippen LogP contribution in [0.25, 0.3) is 0 Å². The number of carbonyl (C=O) groups excluding carboxylic acids is 1. The van der Waals surface area contributed by atoms with Crippen molar-refractivity contribution >= 4 is 5.91 Å². The van der Waals surface area contributed by atoms with Crippen LogP contribution in [0.4, 0.5) is 0 Å². The van der Waals surface area contributed by atoms with Gasteiger partial charge in [-0.15, -0.1) is 0 Å². The first kappa shape index (κ1) is 52.9. The SMILES string of the molecule is CCCCCCCC/C=C/CC/C=C/C(O)C(CO)NC(=O)CCCCCCCCCCCCCCCCCCCCCCCCCCCCCCCC. The molecular weight excluding hydrogens is 663 g/mol. The number of aliphatic hydroxyl groups excluding tert-OH is 2. The molecule has 3 N–H and O–H groups in total. The van der Waals surface area contributed by atoms with Crippen LogP contribution in [0, 0.1) is 0 Å². The van der Waals surface area contributed by atoms with Crippen LogP contribution in [0.15, 0.2) is 24.3 Å². The third-order valence-corrected chi connectivity index (χ3v) is 11.4. The first-order valence-electron chi connectivity index (χ1n) is 24.6. The summed E-state index contributed by atoms with van der Waals surface area (Å²) in [6, 6.07) is -0.634. The predicted molar refractivity (Wildman–Crippen MR) is 239 cm³/mol. The molecule has 4 heteroatoms. The van der Waals surface area contributed by atoms with Gasteiger partial charge < -0.3 is 15.5 Å². The molecule has 0 fully saturated rings. The predicted octanol–water partition coefficient (Wildman–Crippen LogP) is 15.6. The van der Waals surface area contributed by atoms with E-state index in [1.165, 1.54) is 218 Å². The minimum Gasteiger partial charge on any atom is -0.394 e. The average Bonchev–Trinajstić information content (AvgIpc) is 3.18. The Bertz CT molecular complexity index is 780. The van der Waals surface area contributed by atoms with Crippen LogP contribution in [0.3, 0.4) is 0 Å². The lowest BCUT2D eigenvalue weighted by Gasteiger charge is -2.19. The largest absolute Gasteiger partial charge is 0.394 e. The van der Waals surface area contributed by atoms with Crippen LogP contribution in [-0.2, 0) is 4.79 Å². The van der Waals surface area contributed by atoms with Crippen LogP contribution in [0.1, 0.15) is 271 Å². The molecule has 0 radical (unpaired) electrons. The summed E-state index contributed by atoms with van der Waals surface area (Å²) in [5, 5.41) is 23.0. The van der Waals surface area contributed by atoms with Gasteiger partial charge in [0.05, 0.1) is 18.8 Å². The number of allylic oxidation sites excluding steroid dienone is 3. The second-order valence-electron chi connectivity index (χ2n) is 16.9. The Morgan fingerprint density at radius 2 is 0.722 bits per heavy atom. The van der Waals surface area contributed by atoms with Gasteiger partial charge in [-0.25, -0.2) is 0 Å². The van der Waals surface area contributed by atoms with E-state index in [1.807, 2.05) is 6.08 Å². The molecule has 0 saturated heterocycles. The van der Waals surface area contributed by atoms with Gasteiger partial charge in [0, 0.05) is 6.42 Å². The fourth-order valence-corrected chi connectivity index (χ4v) is 7.67. The number of hydrogen-bond donors (Lipinski definition) is 3. The van der Waals surface area contributed by atoms with E-state index < -0.39 is 12.1 Å². The van der Waals surface area contributed by atoms with Crippen molar-refractivity contribution in [2.24, 2.45) is 0 Å². The van der Waals surface area contributed by atoms with Crippen LogP contribution < -0.4 is 5.32 Å². The van der Waals surface area contributed by atoms with E-state index in [2.05, 4.69) is 31.3 Å². The molecule has 0 bridgehead atoms. The second-order valence-corrected chi connectivity index (χ2v) is 16.9. The number of carbonyl (C=O) groups is 1. The highest BCUT2D eigenvalue weighted by Gasteiger charge is 2.17. The number of aliphatic hydroxyl groups is 2. The second kappa shape index (κ2) is 46.3. The molecule has 0 heterocycles. The topological polar surface area (TPSA) is 69.6 Å². The maximum Gasteiger partial charge on any atom is 0.220 e. The van der Waals surface area contributed by atoms with E-state index in [0.717, 1.165) is 32.1 Å². The smallest absolute Gasteiger partial charge is 0.220 e. The lowest BCUT2D eigenvalue weighted by molar-refractivity contribution is -0.123. The molecule has 0 aromatic carbocycles. The van der Waals surface area contributed by atoms with Crippen molar-refractivity contribution in [3.63, 3.8) is 0 Å². The van der Waals surface area contributed by atoms with Crippen molar-refractivity contribution in [2.45, 2.75) is 283 Å². The van der Waals surface area contributed by atoms with E-state index in [-0.39, 0.29) is 12.5 Å². The molecule has 54 heavy (non-hydrogen) atoms. The quantitative estimate of drug-likeness (QED) is 0.0428. The highest BCUT2D eigenvalue weighted by Crippen LogP contribution is 2.17. The van der Waals surface area contributed by atoms with Crippen molar-refractivity contribution in [2.75, 3.05) is 6.61 Å². The molecule has 0 aliphatic rings. The molecule has 0 aliphatic heterocycles. The summed E-state index contributed by atoms with van der Waals surface area (Å²) >= 11 is 0. The zero-order valence-corrected chi connectivity index (χ0v) is 36.8. The monoisotopic (exact) mass is 760 g/mol. The lowest BCUT2D eigenvalue weighted by Crippen LogP contribution is -2.45. The maximum absolute atomic E-state index is 12.4. The molecule has 0 saturated carbocycles. The summed E-state index contributed by atoms with van der Waals surface area (Å²) < 4.78 is 0. The van der Waals surface area contributed by atoms with Gasteiger partial charge >= 0.3 is 0 Å². The normalized spacial score (nSPS) is 13.0. The van der Waals surface area contributed by atoms with Crippen LogP contribution in [-0.4, -0.2) is 34.9 Å². The number of amides is 1. The van der Waals surface area contributed by atoms with E-state index in [9.17, 15) is 15.0 Å². The average molecular weight is 760 g/mol. The summed E-state index contributed by atoms with van der Waals surface area (Å²) in [5.74, 6) is -0.0700. The van der Waals surface area contributed by atoms with Crippen LogP contribution >= 0.6 is 0 Å². The molecular formula is C50H97NO3. The summed E-state index contributed by atoms with van der Waals surface area (Å²) in [7, 11) is 0. The molecule has 2 atom stereocenters. The molecule has 4 nitrogen and oxygen atoms in total. The van der Waals surface area contributed by atoms with Crippen molar-refractivity contribution in [1.29, 1.82) is 0 Å². The third kappa shape index (κ3) is 42.0. The molecule has 1 amide bonds. The Hall–Kier alpha value is -1.13. The highest BCUT2D eigenvalue weighted by molar-refractivity contribution is 5.76. The Kier molecular flexibility index (Phi) is 45.3. The molecule has 2 unspecified atom stereocenters. The highest BCUT2D eigenvalue weighted by atomic mass is 16.3. The third-order valence-electron chi connectivity index (χ3n) is 11.4. The molecule has 0 aromatic heterocycles. The Morgan fingerprint density at radius 3 is 1.07 bits per heavy atom. The number of nitrogens with one attached hydrogen (secondary N) is 1. The van der Waals surface area contributed by atoms with Crippen LogP contribution in [0.2, 0.25) is 0 Å². The van der Waals surface area contributed by atoms with Gasteiger partial charge in [0.2, 0.25) is 5.91 Å². The zero-order chi connectivity index (χ0) is 39.3. The van der Waals surface area contributed by atoms with Gasteiger partial charge in [0.15, 0.2) is 0 Å². The zero-order valence-electron chi connectivity index (χ0n) is 36.8. The van der Waals surface area contributed by atoms with E-state index in [1.54, 1.807) is 6.08 Å². The standard InChI is InChI=1S/C50H97NO3/c1-3-5-7-9-11-13-15-17-18-19-20-21-22-23-24-25-26-27-28-29-30-31-32-33-34-36-38-40-42-44-46-50(54)51-48(47-52)49(53)45-43-41-39-37-35-16-14-12-10-8-6-4-2/h35,37,43,45,48-49,52-53H,3-34,36,38-42,44,46-47H2,1-2H3,(H,51,54)/b37-35+,45-43+. The summed E-state index contributed by atoms with van der Waals surface area (Å²) in [6.45, 7) is 4.30. The number of hydrogen-bond acceptors (Lipinski definition) is 3. The van der Waals surface area contributed by atoms with E-state index in [0.29, 0.717) is 6.42 Å². The van der Waals surface area contributed by atoms with Gasteiger partial charge in [-0.1, -0.05) is 256 Å². The minimum atomic E-state index is -0.857. The van der Waals surface area contributed by atoms with Crippen molar-refractivity contribution < 1.29 is 15.0 Å². The van der Waals surface area contributed by atoms with Gasteiger partial charge in [0.1, 0.15) is 0 Å². The fourth-order valence-electron chi connectivity index (χ4n) is 7.67. The lowest BCUT2D eigenvalue weighted by atomic mass is 10.0. The number of rotatable bonds is 45. The Balaban J connectivity index is 3.42. The molecule has 0 aliphatic carbocycles.